The van der Waals surface area contributed by atoms with E-state index in [4.69, 9.17) is 76.0 Å². The van der Waals surface area contributed by atoms with Crippen molar-refractivity contribution < 1.29 is 119 Å². The Bertz CT molecular complexity index is 4760. The molecule has 6 N–H and O–H groups in total. The van der Waals surface area contributed by atoms with Crippen LogP contribution in [0.4, 0.5) is 19.7 Å². The molecule has 3 aliphatic heterocycles. The van der Waals surface area contributed by atoms with Gasteiger partial charge in [0.15, 0.2) is 11.9 Å². The third-order valence-electron chi connectivity index (χ3n) is 21.3. The number of hydrogen-bond donors (Lipinski definition) is 6. The third kappa shape index (κ3) is 22.9. The van der Waals surface area contributed by atoms with E-state index in [0.29, 0.717) is 113 Å². The van der Waals surface area contributed by atoms with E-state index in [1.807, 2.05) is 48.5 Å². The highest BCUT2D eigenvalue weighted by Crippen LogP contribution is 2.48. The van der Waals surface area contributed by atoms with Crippen LogP contribution in [0.2, 0.25) is 0 Å². The van der Waals surface area contributed by atoms with Crippen molar-refractivity contribution in [3.63, 3.8) is 0 Å². The number of halogens is 1. The summed E-state index contributed by atoms with van der Waals surface area (Å²) in [5, 5.41) is 17.1. The minimum Gasteiger partial charge on any atom is -0.461 e. The van der Waals surface area contributed by atoms with Gasteiger partial charge >= 0.3 is 24.2 Å². The van der Waals surface area contributed by atoms with E-state index in [-0.39, 0.29) is 129 Å². The van der Waals surface area contributed by atoms with Crippen LogP contribution in [0.1, 0.15) is 140 Å². The van der Waals surface area contributed by atoms with Gasteiger partial charge in [0.1, 0.15) is 50.4 Å². The number of ether oxygens (including phenoxy) is 15. The Morgan fingerprint density at radius 3 is 1.96 bits per heavy atom. The summed E-state index contributed by atoms with van der Waals surface area (Å²) in [5.74, 6) is -7.69. The molecule has 652 valence electrons. The molecule has 0 spiro atoms. The molecule has 6 amide bonds. The van der Waals surface area contributed by atoms with Crippen LogP contribution in [-0.4, -0.2) is 226 Å². The fourth-order valence-electron chi connectivity index (χ4n) is 15.1. The number of benzene rings is 4. The van der Waals surface area contributed by atoms with Crippen molar-refractivity contribution in [2.45, 2.75) is 148 Å². The lowest BCUT2D eigenvalue weighted by atomic mass is 9.81. The number of pyridine rings is 2. The normalized spacial score (nSPS) is 17.2. The Morgan fingerprint density at radius 2 is 1.36 bits per heavy atom. The highest BCUT2D eigenvalue weighted by molar-refractivity contribution is 6.02. The zero-order chi connectivity index (χ0) is 86.3. The van der Waals surface area contributed by atoms with Gasteiger partial charge in [0.05, 0.1) is 141 Å². The third-order valence-corrected chi connectivity index (χ3v) is 21.3. The van der Waals surface area contributed by atoms with Gasteiger partial charge in [0.2, 0.25) is 23.3 Å². The number of alkyl carbamates (subject to hydrolysis) is 1. The second-order valence-corrected chi connectivity index (χ2v) is 30.2. The van der Waals surface area contributed by atoms with Crippen molar-refractivity contribution in [2.24, 2.45) is 5.92 Å². The molecule has 5 aliphatic rings. The van der Waals surface area contributed by atoms with Crippen LogP contribution >= 0.6 is 0 Å². The van der Waals surface area contributed by atoms with Crippen molar-refractivity contribution in [3.05, 3.63) is 163 Å². The maximum absolute atomic E-state index is 15.9. The molecule has 1 saturated heterocycles. The van der Waals surface area contributed by atoms with E-state index in [1.165, 1.54) is 47.9 Å². The number of esters is 2. The van der Waals surface area contributed by atoms with Gasteiger partial charge in [-0.25, -0.2) is 23.8 Å². The summed E-state index contributed by atoms with van der Waals surface area (Å²) in [5.41, 5.74) is 4.09. The Balaban J connectivity index is 0.739. The largest absolute Gasteiger partial charge is 0.510 e. The molecule has 34 heteroatoms. The Kier molecular flexibility index (Phi) is 32.5. The van der Waals surface area contributed by atoms with Crippen molar-refractivity contribution in [2.75, 3.05) is 138 Å². The molecule has 1 fully saturated rings. The van der Waals surface area contributed by atoms with Crippen molar-refractivity contribution >= 4 is 70.3 Å². The molecule has 0 radical (unpaired) electrons. The van der Waals surface area contributed by atoms with Gasteiger partial charge in [-0.15, -0.1) is 0 Å². The van der Waals surface area contributed by atoms with E-state index >= 15 is 4.39 Å². The lowest BCUT2D eigenvalue weighted by Gasteiger charge is -2.35. The van der Waals surface area contributed by atoms with Gasteiger partial charge in [-0.05, 0) is 116 Å². The number of anilines is 1. The number of methoxy groups -OCH3 is 1. The molecular formula is C87H107FN8O25. The number of rotatable bonds is 46. The highest BCUT2D eigenvalue weighted by Gasteiger charge is 2.52. The highest BCUT2D eigenvalue weighted by atomic mass is 19.1. The van der Waals surface area contributed by atoms with E-state index in [0.717, 1.165) is 22.3 Å². The topological polar surface area (TPSA) is 399 Å². The Labute approximate surface area is 699 Å². The van der Waals surface area contributed by atoms with Crippen molar-refractivity contribution in [1.29, 1.82) is 0 Å². The number of nitrogens with zero attached hydrogens (tertiary/aromatic N) is 2. The number of carbonyl (C=O) groups excluding carboxylic acids is 9. The number of cyclic esters (lactones) is 1. The molecular weight excluding hydrogens is 1580 g/mol. The molecule has 33 nitrogen and oxygen atoms in total. The number of aromatic nitrogens is 2. The maximum Gasteiger partial charge on any atom is 0.510 e. The average molecular weight is 1680 g/mol. The van der Waals surface area contributed by atoms with Gasteiger partial charge < -0.3 is 108 Å². The molecule has 1 unspecified atom stereocenters. The summed E-state index contributed by atoms with van der Waals surface area (Å²) in [4.78, 5) is 146. The van der Waals surface area contributed by atoms with Gasteiger partial charge in [-0.1, -0.05) is 88.0 Å². The summed E-state index contributed by atoms with van der Waals surface area (Å²) in [6.07, 6.45) is -2.00. The van der Waals surface area contributed by atoms with Crippen molar-refractivity contribution in [1.82, 2.24) is 36.1 Å². The SMILES string of the molecule is C=CCOC(=O)CC[C@H](NC(=O)OCC1c2ccccc2-c2ccccc21)C(=O)N[C@H](C(=O)N[C@@H](C)C(=O)Nc1ccc(COC(=O)O[C@]2(CC)C(=O)OCc3c2cc2n(c3=O)Cc3c-2nc2cc(F)c(C)c4c2c3[C@@H](NC(=O)C2COC(C)(C)O2)CC4)c(C(=O)NCCOCCOCCOCCOCCOCCOCCOCCOC)c1)C(C)C. The molecule has 6 atom stereocenters. The fourth-order valence-corrected chi connectivity index (χ4v) is 15.1. The van der Waals surface area contributed by atoms with Crippen LogP contribution in [0.5, 0.6) is 0 Å². The van der Waals surface area contributed by atoms with Crippen LogP contribution < -0.4 is 37.5 Å². The molecule has 2 aliphatic carbocycles. The number of aryl methyl sites for hydroxylation is 1. The standard InChI is InChI=1S/C87H107FN8O25/c1-10-27-115-72(97)25-24-68(94-84(105)117-48-63-59-18-14-12-16-57(59)58-17-13-15-19-60(58)63)79(100)95-75(51(3)4)81(102)90-53(6)77(98)91-55-21-20-54(61(43-55)78(99)89-26-28-108-31-32-110-35-36-112-39-40-114-42-41-113-38-37-111-34-33-109-30-29-107-9)47-118-85(106)121-87(11-2)65-44-70-76-62(46-96(70)82(103)64(65)49-116-83(87)104)74-67(93-80(101)71-50-119-86(7,8)120-71)23-22-56-52(5)66(88)45-69(92-76)73(56)74/h10,12-21,43-45,51,53,63,67-68,71,75H,1,11,22-42,46-50H2,2-9H3,(H,89,99)(H,90,102)(H,91,98)(H,93,101)(H,94,105)(H,95,100)/t53-,67-,68-,71?,75-,87-/m0/s1. The Morgan fingerprint density at radius 1 is 0.727 bits per heavy atom. The number of fused-ring (bicyclic) bond motifs is 8. The molecule has 0 saturated carbocycles. The predicted octanol–water partition coefficient (Wildman–Crippen LogP) is 7.64. The van der Waals surface area contributed by atoms with Crippen LogP contribution in [0.3, 0.4) is 0 Å². The van der Waals surface area contributed by atoms with Crippen LogP contribution in [0.25, 0.3) is 33.4 Å². The first-order valence-corrected chi connectivity index (χ1v) is 40.7. The molecule has 121 heavy (non-hydrogen) atoms. The number of amides is 6. The summed E-state index contributed by atoms with van der Waals surface area (Å²) in [6, 6.07) is 17.8. The number of carbonyl (C=O) groups is 9. The molecule has 2 aromatic heterocycles. The molecule has 6 aromatic rings. The zero-order valence-corrected chi connectivity index (χ0v) is 69.4. The molecule has 11 rings (SSSR count). The van der Waals surface area contributed by atoms with Gasteiger partial charge in [-0.3, -0.25) is 33.6 Å². The molecule has 0 bridgehead atoms. The smallest absolute Gasteiger partial charge is 0.461 e. The first-order valence-electron chi connectivity index (χ1n) is 40.7. The summed E-state index contributed by atoms with van der Waals surface area (Å²) in [7, 11) is 1.61. The van der Waals surface area contributed by atoms with Crippen LogP contribution in [0.15, 0.2) is 96.3 Å². The van der Waals surface area contributed by atoms with E-state index in [9.17, 15) is 47.9 Å². The molecule has 5 heterocycles. The lowest BCUT2D eigenvalue weighted by Crippen LogP contribution is -2.57. The first-order chi connectivity index (χ1) is 58.3. The van der Waals surface area contributed by atoms with Gasteiger partial charge in [0.25, 0.3) is 17.4 Å². The van der Waals surface area contributed by atoms with E-state index < -0.39 is 126 Å². The van der Waals surface area contributed by atoms with E-state index in [2.05, 4.69) is 38.5 Å². The van der Waals surface area contributed by atoms with Crippen LogP contribution in [-0.2, 0) is 132 Å². The second kappa shape index (κ2) is 43.2. The Hall–Kier alpha value is -10.7. The second-order valence-electron chi connectivity index (χ2n) is 30.2. The monoisotopic (exact) mass is 1680 g/mol. The first kappa shape index (κ1) is 91.1. The maximum atomic E-state index is 15.9. The van der Waals surface area contributed by atoms with Crippen LogP contribution in [0, 0.1) is 18.7 Å². The molecule has 4 aromatic carbocycles. The van der Waals surface area contributed by atoms with Gasteiger partial charge in [0, 0.05) is 65.4 Å². The lowest BCUT2D eigenvalue weighted by molar-refractivity contribution is -0.175. The van der Waals surface area contributed by atoms with E-state index in [1.54, 1.807) is 48.7 Å². The summed E-state index contributed by atoms with van der Waals surface area (Å²) < 4.78 is 101. The number of hydrogen-bond acceptors (Lipinski definition) is 26. The fraction of sp³-hybridized carbons (Fsp3) is 0.506. The predicted molar refractivity (Wildman–Crippen MR) is 434 cm³/mol. The average Bonchev–Trinajstić information content (AvgIpc) is 1.52. The summed E-state index contributed by atoms with van der Waals surface area (Å²) in [6.45, 7) is 18.7. The van der Waals surface area contributed by atoms with Crippen molar-refractivity contribution in [3.8, 4) is 22.5 Å². The summed E-state index contributed by atoms with van der Waals surface area (Å²) >= 11 is 0. The minimum absolute atomic E-state index is 0.00837. The number of nitrogens with one attached hydrogen (secondary N) is 6. The van der Waals surface area contributed by atoms with Gasteiger partial charge in [-0.2, -0.15) is 0 Å². The zero-order valence-electron chi connectivity index (χ0n) is 69.4. The quantitative estimate of drug-likeness (QED) is 0.00923. The minimum atomic E-state index is -2.29.